The average Bonchev–Trinajstić information content (AvgIpc) is 3.28. The second-order valence-corrected chi connectivity index (χ2v) is 7.54. The summed E-state index contributed by atoms with van der Waals surface area (Å²) in [7, 11) is 0. The zero-order valence-electron chi connectivity index (χ0n) is 17.0. The second kappa shape index (κ2) is 9.09. The normalized spacial score (nSPS) is 15.7. The minimum absolute atomic E-state index is 0.222. The number of amides is 1. The van der Waals surface area contributed by atoms with Crippen molar-refractivity contribution in [2.45, 2.75) is 13.0 Å². The first-order chi connectivity index (χ1) is 14.6. The van der Waals surface area contributed by atoms with Crippen molar-refractivity contribution < 1.29 is 9.18 Å². The molecule has 1 aliphatic rings. The highest BCUT2D eigenvalue weighted by atomic mass is 19.1. The van der Waals surface area contributed by atoms with Gasteiger partial charge in [0, 0.05) is 50.6 Å². The molecule has 1 aromatic heterocycles. The molecule has 0 spiro atoms. The van der Waals surface area contributed by atoms with Gasteiger partial charge in [-0.15, -0.1) is 0 Å². The molecule has 2 heterocycles. The van der Waals surface area contributed by atoms with Crippen LogP contribution in [0, 0.1) is 5.82 Å². The van der Waals surface area contributed by atoms with E-state index in [9.17, 15) is 9.18 Å². The van der Waals surface area contributed by atoms with Crippen LogP contribution in [-0.4, -0.2) is 59.4 Å². The predicted octanol–water partition coefficient (Wildman–Crippen LogP) is 2.95. The number of halogens is 1. The molecule has 2 aromatic carbocycles. The summed E-state index contributed by atoms with van der Waals surface area (Å²) in [6.45, 7) is 6.54. The SMILES string of the molecule is CC(CNC(=O)c1ccn(-c2cccc(F)c2)n1)N1CCN(c2ccccc2)CC1. The maximum atomic E-state index is 13.4. The second-order valence-electron chi connectivity index (χ2n) is 7.54. The first-order valence-electron chi connectivity index (χ1n) is 10.2. The van der Waals surface area contributed by atoms with Crippen molar-refractivity contribution in [1.29, 1.82) is 0 Å². The van der Waals surface area contributed by atoms with E-state index in [-0.39, 0.29) is 17.8 Å². The van der Waals surface area contributed by atoms with Crippen molar-refractivity contribution in [2.24, 2.45) is 0 Å². The molecule has 156 valence electrons. The van der Waals surface area contributed by atoms with Crippen LogP contribution in [0.5, 0.6) is 0 Å². The molecule has 1 amide bonds. The maximum Gasteiger partial charge on any atom is 0.271 e. The Labute approximate surface area is 175 Å². The van der Waals surface area contributed by atoms with Gasteiger partial charge in [0.2, 0.25) is 0 Å². The minimum Gasteiger partial charge on any atom is -0.369 e. The van der Waals surface area contributed by atoms with Crippen molar-refractivity contribution in [1.82, 2.24) is 20.0 Å². The molecule has 30 heavy (non-hydrogen) atoms. The highest BCUT2D eigenvalue weighted by Crippen LogP contribution is 2.16. The van der Waals surface area contributed by atoms with Crippen LogP contribution in [0.15, 0.2) is 66.9 Å². The zero-order chi connectivity index (χ0) is 20.9. The first kappa shape index (κ1) is 20.1. The summed E-state index contributed by atoms with van der Waals surface area (Å²) in [5, 5.41) is 7.24. The van der Waals surface area contributed by atoms with Crippen LogP contribution in [0.4, 0.5) is 10.1 Å². The number of aromatic nitrogens is 2. The fourth-order valence-electron chi connectivity index (χ4n) is 3.73. The van der Waals surface area contributed by atoms with Crippen molar-refractivity contribution in [3.8, 4) is 5.69 Å². The summed E-state index contributed by atoms with van der Waals surface area (Å²) in [6, 6.07) is 18.4. The van der Waals surface area contributed by atoms with Gasteiger partial charge in [0.05, 0.1) is 5.69 Å². The highest BCUT2D eigenvalue weighted by molar-refractivity contribution is 5.92. The Morgan fingerprint density at radius 1 is 1.03 bits per heavy atom. The molecule has 1 N–H and O–H groups in total. The molecule has 3 aromatic rings. The molecule has 1 fully saturated rings. The number of piperazine rings is 1. The predicted molar refractivity (Wildman–Crippen MR) is 116 cm³/mol. The Morgan fingerprint density at radius 3 is 2.50 bits per heavy atom. The first-order valence-corrected chi connectivity index (χ1v) is 10.2. The molecule has 1 unspecified atom stereocenters. The van der Waals surface area contributed by atoms with E-state index in [1.807, 2.05) is 6.07 Å². The van der Waals surface area contributed by atoms with E-state index < -0.39 is 0 Å². The van der Waals surface area contributed by atoms with Gasteiger partial charge in [0.25, 0.3) is 5.91 Å². The summed E-state index contributed by atoms with van der Waals surface area (Å²) in [5.41, 5.74) is 2.16. The Bertz CT molecular complexity index is 982. The van der Waals surface area contributed by atoms with Crippen LogP contribution in [-0.2, 0) is 0 Å². The summed E-state index contributed by atoms with van der Waals surface area (Å²) in [6.07, 6.45) is 1.66. The molecule has 0 saturated carbocycles. The van der Waals surface area contributed by atoms with Crippen molar-refractivity contribution in [2.75, 3.05) is 37.6 Å². The molecule has 0 bridgehead atoms. The minimum atomic E-state index is -0.338. The molecule has 1 atom stereocenters. The lowest BCUT2D eigenvalue weighted by atomic mass is 10.2. The molecule has 0 radical (unpaired) electrons. The van der Waals surface area contributed by atoms with Gasteiger partial charge in [0.1, 0.15) is 5.82 Å². The molecule has 7 heteroatoms. The van der Waals surface area contributed by atoms with E-state index in [0.29, 0.717) is 17.9 Å². The number of nitrogens with one attached hydrogen (secondary N) is 1. The van der Waals surface area contributed by atoms with Crippen LogP contribution >= 0.6 is 0 Å². The van der Waals surface area contributed by atoms with E-state index in [4.69, 9.17) is 0 Å². The Hall–Kier alpha value is -3.19. The summed E-state index contributed by atoms with van der Waals surface area (Å²) < 4.78 is 14.9. The number of anilines is 1. The Balaban J connectivity index is 1.27. The fraction of sp³-hybridized carbons (Fsp3) is 0.304. The van der Waals surface area contributed by atoms with Crippen LogP contribution in [0.1, 0.15) is 17.4 Å². The number of benzene rings is 2. The smallest absolute Gasteiger partial charge is 0.271 e. The fourth-order valence-corrected chi connectivity index (χ4v) is 3.73. The standard InChI is InChI=1S/C23H26FN5O/c1-18(27-12-14-28(15-13-27)20-7-3-2-4-8-20)17-25-23(30)22-10-11-29(26-22)21-9-5-6-19(24)16-21/h2-11,16,18H,12-15,17H2,1H3,(H,25,30). The zero-order valence-corrected chi connectivity index (χ0v) is 17.0. The van der Waals surface area contributed by atoms with E-state index in [1.165, 1.54) is 22.5 Å². The number of para-hydroxylation sites is 1. The molecular weight excluding hydrogens is 381 g/mol. The molecule has 1 saturated heterocycles. The quantitative estimate of drug-likeness (QED) is 0.683. The van der Waals surface area contributed by atoms with Gasteiger partial charge in [-0.3, -0.25) is 9.69 Å². The molecular formula is C23H26FN5O. The Morgan fingerprint density at radius 2 is 1.77 bits per heavy atom. The topological polar surface area (TPSA) is 53.4 Å². The monoisotopic (exact) mass is 407 g/mol. The third kappa shape index (κ3) is 4.68. The average molecular weight is 407 g/mol. The van der Waals surface area contributed by atoms with Crippen LogP contribution in [0.3, 0.4) is 0 Å². The third-order valence-corrected chi connectivity index (χ3v) is 5.51. The van der Waals surface area contributed by atoms with Crippen LogP contribution in [0.2, 0.25) is 0 Å². The number of hydrogen-bond donors (Lipinski definition) is 1. The van der Waals surface area contributed by atoms with Gasteiger partial charge in [-0.05, 0) is 43.3 Å². The molecule has 6 nitrogen and oxygen atoms in total. The van der Waals surface area contributed by atoms with Gasteiger partial charge in [-0.2, -0.15) is 5.10 Å². The van der Waals surface area contributed by atoms with Gasteiger partial charge < -0.3 is 10.2 Å². The van der Waals surface area contributed by atoms with Gasteiger partial charge in [0.15, 0.2) is 5.69 Å². The van der Waals surface area contributed by atoms with E-state index in [0.717, 1.165) is 26.2 Å². The molecule has 1 aliphatic heterocycles. The number of carbonyl (C=O) groups is 1. The highest BCUT2D eigenvalue weighted by Gasteiger charge is 2.22. The van der Waals surface area contributed by atoms with Crippen molar-refractivity contribution in [3.05, 3.63) is 78.4 Å². The number of rotatable bonds is 6. The molecule has 0 aliphatic carbocycles. The van der Waals surface area contributed by atoms with E-state index in [1.54, 1.807) is 24.4 Å². The molecule has 4 rings (SSSR count). The third-order valence-electron chi connectivity index (χ3n) is 5.51. The largest absolute Gasteiger partial charge is 0.369 e. The number of nitrogens with zero attached hydrogens (tertiary/aromatic N) is 4. The Kier molecular flexibility index (Phi) is 6.09. The lowest BCUT2D eigenvalue weighted by Crippen LogP contribution is -2.52. The summed E-state index contributed by atoms with van der Waals surface area (Å²) in [5.74, 6) is -0.560. The van der Waals surface area contributed by atoms with E-state index in [2.05, 4.69) is 51.4 Å². The van der Waals surface area contributed by atoms with Crippen molar-refractivity contribution >= 4 is 11.6 Å². The van der Waals surface area contributed by atoms with Crippen molar-refractivity contribution in [3.63, 3.8) is 0 Å². The van der Waals surface area contributed by atoms with Crippen LogP contribution in [0.25, 0.3) is 5.69 Å². The van der Waals surface area contributed by atoms with Gasteiger partial charge in [-0.25, -0.2) is 9.07 Å². The lowest BCUT2D eigenvalue weighted by Gasteiger charge is -2.39. The van der Waals surface area contributed by atoms with Gasteiger partial charge in [-0.1, -0.05) is 24.3 Å². The maximum absolute atomic E-state index is 13.4. The number of hydrogen-bond acceptors (Lipinski definition) is 4. The summed E-state index contributed by atoms with van der Waals surface area (Å²) >= 11 is 0. The lowest BCUT2D eigenvalue weighted by molar-refractivity contribution is 0.0929. The van der Waals surface area contributed by atoms with Crippen LogP contribution < -0.4 is 10.2 Å². The number of carbonyl (C=O) groups excluding carboxylic acids is 1. The van der Waals surface area contributed by atoms with Gasteiger partial charge >= 0.3 is 0 Å². The van der Waals surface area contributed by atoms with E-state index >= 15 is 0 Å². The summed E-state index contributed by atoms with van der Waals surface area (Å²) in [4.78, 5) is 17.3.